The molecule has 0 fully saturated rings. The summed E-state index contributed by atoms with van der Waals surface area (Å²) in [5, 5.41) is 9.71. The monoisotopic (exact) mass is 284 g/mol. The van der Waals surface area contributed by atoms with Crippen LogP contribution in [0.1, 0.15) is 31.8 Å². The van der Waals surface area contributed by atoms with E-state index in [0.29, 0.717) is 12.0 Å². The molecule has 0 unspecified atom stereocenters. The maximum Gasteiger partial charge on any atom is 0.350 e. The van der Waals surface area contributed by atoms with E-state index >= 15 is 0 Å². The SMILES string of the molecule is COc1ccc(Cc2ccc(O)c3c2C(=O)OC3=O)cc1. The number of phenolic OH excluding ortho intramolecular Hbond substituents is 1. The van der Waals surface area contributed by atoms with Crippen LogP contribution in [0.25, 0.3) is 0 Å². The van der Waals surface area contributed by atoms with Gasteiger partial charge in [0.25, 0.3) is 0 Å². The van der Waals surface area contributed by atoms with Gasteiger partial charge in [-0.15, -0.1) is 0 Å². The lowest BCUT2D eigenvalue weighted by atomic mass is 9.96. The summed E-state index contributed by atoms with van der Waals surface area (Å²) >= 11 is 0. The first-order chi connectivity index (χ1) is 10.1. The van der Waals surface area contributed by atoms with E-state index in [4.69, 9.17) is 4.74 Å². The second-order valence-corrected chi connectivity index (χ2v) is 4.70. The van der Waals surface area contributed by atoms with Crippen LogP contribution < -0.4 is 4.74 Å². The average molecular weight is 284 g/mol. The Labute approximate surface area is 120 Å². The van der Waals surface area contributed by atoms with Crippen molar-refractivity contribution in [1.29, 1.82) is 0 Å². The molecule has 0 bridgehead atoms. The minimum atomic E-state index is -0.802. The predicted octanol–water partition coefficient (Wildman–Crippen LogP) is 2.30. The normalized spacial score (nSPS) is 13.0. The van der Waals surface area contributed by atoms with Crippen LogP contribution >= 0.6 is 0 Å². The summed E-state index contributed by atoms with van der Waals surface area (Å²) in [5.41, 5.74) is 1.70. The fourth-order valence-electron chi connectivity index (χ4n) is 2.37. The molecule has 0 spiro atoms. The first-order valence-corrected chi connectivity index (χ1v) is 6.34. The number of rotatable bonds is 3. The van der Waals surface area contributed by atoms with Gasteiger partial charge in [0, 0.05) is 0 Å². The Kier molecular flexibility index (Phi) is 3.10. The fourth-order valence-corrected chi connectivity index (χ4v) is 2.37. The molecule has 1 N–H and O–H groups in total. The van der Waals surface area contributed by atoms with Gasteiger partial charge >= 0.3 is 11.9 Å². The molecular weight excluding hydrogens is 272 g/mol. The molecular formula is C16H12O5. The Morgan fingerprint density at radius 2 is 1.67 bits per heavy atom. The van der Waals surface area contributed by atoms with Crippen LogP contribution in [0.2, 0.25) is 0 Å². The number of aromatic hydroxyl groups is 1. The number of hydrogen-bond acceptors (Lipinski definition) is 5. The summed E-state index contributed by atoms with van der Waals surface area (Å²) in [5.74, 6) is -1.01. The van der Waals surface area contributed by atoms with Gasteiger partial charge in [-0.05, 0) is 35.7 Å². The number of cyclic esters (lactones) is 2. The van der Waals surface area contributed by atoms with Gasteiger partial charge in [0.15, 0.2) is 0 Å². The third-order valence-corrected chi connectivity index (χ3v) is 3.42. The first kappa shape index (κ1) is 13.2. The van der Waals surface area contributed by atoms with Crippen LogP contribution in [0.3, 0.4) is 0 Å². The topological polar surface area (TPSA) is 72.8 Å². The molecule has 0 saturated carbocycles. The van der Waals surface area contributed by atoms with Crippen molar-refractivity contribution in [1.82, 2.24) is 0 Å². The van der Waals surface area contributed by atoms with E-state index in [2.05, 4.69) is 4.74 Å². The zero-order valence-corrected chi connectivity index (χ0v) is 11.3. The van der Waals surface area contributed by atoms with E-state index in [1.807, 2.05) is 24.3 Å². The molecule has 0 atom stereocenters. The lowest BCUT2D eigenvalue weighted by Crippen LogP contribution is -2.01. The van der Waals surface area contributed by atoms with Gasteiger partial charge in [0.1, 0.15) is 17.1 Å². The van der Waals surface area contributed by atoms with Crippen molar-refractivity contribution >= 4 is 11.9 Å². The molecule has 5 heteroatoms. The molecule has 1 aliphatic heterocycles. The van der Waals surface area contributed by atoms with Crippen molar-refractivity contribution in [2.75, 3.05) is 7.11 Å². The van der Waals surface area contributed by atoms with Crippen LogP contribution in [0.4, 0.5) is 0 Å². The number of carbonyl (C=O) groups is 2. The van der Waals surface area contributed by atoms with Gasteiger partial charge in [0.2, 0.25) is 0 Å². The molecule has 1 heterocycles. The largest absolute Gasteiger partial charge is 0.507 e. The molecule has 5 nitrogen and oxygen atoms in total. The van der Waals surface area contributed by atoms with Gasteiger partial charge in [-0.3, -0.25) is 0 Å². The second kappa shape index (κ2) is 4.94. The Hall–Kier alpha value is -2.82. The summed E-state index contributed by atoms with van der Waals surface area (Å²) < 4.78 is 9.66. The maximum absolute atomic E-state index is 11.8. The van der Waals surface area contributed by atoms with Crippen LogP contribution in [-0.4, -0.2) is 24.2 Å². The van der Waals surface area contributed by atoms with Gasteiger partial charge in [0.05, 0.1) is 12.7 Å². The van der Waals surface area contributed by atoms with E-state index in [1.54, 1.807) is 13.2 Å². The second-order valence-electron chi connectivity index (χ2n) is 4.70. The lowest BCUT2D eigenvalue weighted by Gasteiger charge is -2.07. The zero-order valence-electron chi connectivity index (χ0n) is 11.3. The molecule has 0 aromatic heterocycles. The molecule has 2 aromatic carbocycles. The quantitative estimate of drug-likeness (QED) is 0.691. The van der Waals surface area contributed by atoms with Gasteiger partial charge in [-0.1, -0.05) is 18.2 Å². The highest BCUT2D eigenvalue weighted by Gasteiger charge is 2.35. The number of phenols is 1. The summed E-state index contributed by atoms with van der Waals surface area (Å²) in [6.45, 7) is 0. The molecule has 0 saturated heterocycles. The summed E-state index contributed by atoms with van der Waals surface area (Å²) in [6, 6.07) is 10.4. The number of ether oxygens (including phenoxy) is 2. The van der Waals surface area contributed by atoms with Crippen LogP contribution in [0.15, 0.2) is 36.4 Å². The third-order valence-electron chi connectivity index (χ3n) is 3.42. The minimum absolute atomic E-state index is 0.0500. The highest BCUT2D eigenvalue weighted by molar-refractivity contribution is 6.16. The molecule has 0 aliphatic carbocycles. The number of esters is 2. The highest BCUT2D eigenvalue weighted by atomic mass is 16.6. The number of methoxy groups -OCH3 is 1. The summed E-state index contributed by atoms with van der Waals surface area (Å²) in [7, 11) is 1.59. The number of benzene rings is 2. The summed E-state index contributed by atoms with van der Waals surface area (Å²) in [6.07, 6.45) is 0.453. The van der Waals surface area contributed by atoms with Crippen molar-refractivity contribution in [3.05, 3.63) is 58.7 Å². The van der Waals surface area contributed by atoms with Gasteiger partial charge in [-0.25, -0.2) is 9.59 Å². The molecule has 1 aliphatic rings. The first-order valence-electron chi connectivity index (χ1n) is 6.34. The Morgan fingerprint density at radius 1 is 1.00 bits per heavy atom. The van der Waals surface area contributed by atoms with E-state index in [-0.39, 0.29) is 16.9 Å². The van der Waals surface area contributed by atoms with E-state index in [9.17, 15) is 14.7 Å². The Balaban J connectivity index is 2.00. The van der Waals surface area contributed by atoms with Crippen molar-refractivity contribution in [3.8, 4) is 11.5 Å². The van der Waals surface area contributed by atoms with Crippen molar-refractivity contribution in [2.24, 2.45) is 0 Å². The number of fused-ring (bicyclic) bond motifs is 1. The predicted molar refractivity (Wildman–Crippen MR) is 73.7 cm³/mol. The van der Waals surface area contributed by atoms with Gasteiger partial charge in [-0.2, -0.15) is 0 Å². The minimum Gasteiger partial charge on any atom is -0.507 e. The van der Waals surface area contributed by atoms with Crippen LogP contribution in [0, 0.1) is 0 Å². The van der Waals surface area contributed by atoms with Crippen molar-refractivity contribution < 1.29 is 24.2 Å². The standard InChI is InChI=1S/C16H12O5/c1-20-11-5-2-9(3-6-11)8-10-4-7-12(17)14-13(10)15(18)21-16(14)19/h2-7,17H,8H2,1H3. The molecule has 0 radical (unpaired) electrons. The average Bonchev–Trinajstić information content (AvgIpc) is 2.79. The zero-order chi connectivity index (χ0) is 15.0. The fraction of sp³-hybridized carbons (Fsp3) is 0.125. The molecule has 106 valence electrons. The molecule has 0 amide bonds. The Bertz CT molecular complexity index is 731. The smallest absolute Gasteiger partial charge is 0.350 e. The Morgan fingerprint density at radius 3 is 2.33 bits per heavy atom. The van der Waals surface area contributed by atoms with Crippen molar-refractivity contribution in [3.63, 3.8) is 0 Å². The highest BCUT2D eigenvalue weighted by Crippen LogP contribution is 2.32. The third kappa shape index (κ3) is 2.23. The summed E-state index contributed by atoms with van der Waals surface area (Å²) in [4.78, 5) is 23.3. The van der Waals surface area contributed by atoms with Gasteiger partial charge < -0.3 is 14.6 Å². The number of hydrogen-bond donors (Lipinski definition) is 1. The van der Waals surface area contributed by atoms with E-state index in [0.717, 1.165) is 11.3 Å². The molecule has 3 rings (SSSR count). The maximum atomic E-state index is 11.8. The lowest BCUT2D eigenvalue weighted by molar-refractivity contribution is 0.0443. The van der Waals surface area contributed by atoms with Crippen molar-refractivity contribution in [2.45, 2.75) is 6.42 Å². The van der Waals surface area contributed by atoms with Crippen LogP contribution in [0.5, 0.6) is 11.5 Å². The van der Waals surface area contributed by atoms with E-state index < -0.39 is 11.9 Å². The van der Waals surface area contributed by atoms with Crippen LogP contribution in [-0.2, 0) is 11.2 Å². The molecule has 2 aromatic rings. The molecule has 21 heavy (non-hydrogen) atoms. The number of carbonyl (C=O) groups excluding carboxylic acids is 2. The van der Waals surface area contributed by atoms with E-state index in [1.165, 1.54) is 6.07 Å².